The minimum absolute atomic E-state index is 0.400. The number of aromatic nitrogens is 1. The summed E-state index contributed by atoms with van der Waals surface area (Å²) in [6, 6.07) is 18.5. The van der Waals surface area contributed by atoms with Gasteiger partial charge in [-0.05, 0) is 62.1 Å². The van der Waals surface area contributed by atoms with E-state index < -0.39 is 0 Å². The molecule has 0 unspecified atom stereocenters. The van der Waals surface area contributed by atoms with Gasteiger partial charge in [0.2, 0.25) is 5.75 Å². The van der Waals surface area contributed by atoms with Crippen LogP contribution in [0.15, 0.2) is 54.6 Å². The van der Waals surface area contributed by atoms with Gasteiger partial charge in [0.15, 0.2) is 11.5 Å². The summed E-state index contributed by atoms with van der Waals surface area (Å²) in [4.78, 5) is 4.99. The van der Waals surface area contributed by atoms with E-state index in [4.69, 9.17) is 33.4 Å². The van der Waals surface area contributed by atoms with Crippen molar-refractivity contribution < 1.29 is 28.4 Å². The van der Waals surface area contributed by atoms with Gasteiger partial charge in [-0.1, -0.05) is 198 Å². The standard InChI is InChI=1S/C57H89NO6/c1-3-7-11-15-19-23-27-31-45-62-55-40-35-41-56-57(55)64-47-42-50-36-33-37-51(58-50)48-59-49-52-53(60-43-29-25-21-17-13-9-5-1)38-34-39-54(52)61-44-30-26-22-18-14-10-6-2-4-8-12-16-20-24-28-32-46-63-56/h33-41H,1-32,42-49H2. The van der Waals surface area contributed by atoms with Crippen molar-refractivity contribution in [2.45, 2.75) is 225 Å². The lowest BCUT2D eigenvalue weighted by Crippen LogP contribution is -2.09. The van der Waals surface area contributed by atoms with Gasteiger partial charge in [0, 0.05) is 12.1 Å². The van der Waals surface area contributed by atoms with Crippen LogP contribution >= 0.6 is 0 Å². The van der Waals surface area contributed by atoms with Gasteiger partial charge in [0.05, 0.1) is 57.5 Å². The van der Waals surface area contributed by atoms with E-state index in [0.29, 0.717) is 58.4 Å². The number of hydrogen-bond acceptors (Lipinski definition) is 7. The van der Waals surface area contributed by atoms with Gasteiger partial charge in [-0.3, -0.25) is 4.98 Å². The largest absolute Gasteiger partial charge is 0.493 e. The fraction of sp³-hybridized carbons (Fsp3) is 0.702. The van der Waals surface area contributed by atoms with Crippen molar-refractivity contribution >= 4 is 0 Å². The number of pyridine rings is 1. The number of nitrogens with zero attached hydrogens (tertiary/aromatic N) is 1. The van der Waals surface area contributed by atoms with Crippen LogP contribution in [0.5, 0.6) is 28.7 Å². The first-order valence-corrected chi connectivity index (χ1v) is 26.8. The van der Waals surface area contributed by atoms with Gasteiger partial charge < -0.3 is 28.4 Å². The highest BCUT2D eigenvalue weighted by atomic mass is 16.5. The van der Waals surface area contributed by atoms with Crippen molar-refractivity contribution in [2.75, 3.05) is 33.0 Å². The van der Waals surface area contributed by atoms with Crippen molar-refractivity contribution in [3.05, 3.63) is 71.5 Å². The van der Waals surface area contributed by atoms with E-state index in [0.717, 1.165) is 65.6 Å². The number of para-hydroxylation sites is 1. The topological polar surface area (TPSA) is 68.3 Å². The number of fused-ring (bicyclic) bond motifs is 4. The number of ether oxygens (including phenoxy) is 6. The molecule has 5 rings (SSSR count). The van der Waals surface area contributed by atoms with E-state index in [1.807, 2.05) is 24.3 Å². The molecule has 358 valence electrons. The molecule has 3 aromatic rings. The lowest BCUT2D eigenvalue weighted by atomic mass is 10.0. The third kappa shape index (κ3) is 22.6. The Labute approximate surface area is 390 Å². The fourth-order valence-corrected chi connectivity index (χ4v) is 9.17. The maximum absolute atomic E-state index is 6.55. The third-order valence-corrected chi connectivity index (χ3v) is 13.1. The molecule has 3 heterocycles. The van der Waals surface area contributed by atoms with Crippen LogP contribution in [-0.2, 0) is 24.4 Å². The van der Waals surface area contributed by atoms with E-state index in [-0.39, 0.29) is 0 Å². The normalized spacial score (nSPS) is 20.1. The summed E-state index contributed by atoms with van der Waals surface area (Å²) in [6.45, 7) is 4.08. The van der Waals surface area contributed by atoms with Crippen molar-refractivity contribution in [1.29, 1.82) is 0 Å². The molecule has 0 spiro atoms. The van der Waals surface area contributed by atoms with Crippen molar-refractivity contribution in [1.82, 2.24) is 4.98 Å². The Kier molecular flexibility index (Phi) is 28.1. The van der Waals surface area contributed by atoms with Crippen LogP contribution in [0.1, 0.15) is 222 Å². The first-order valence-electron chi connectivity index (χ1n) is 26.8. The molecule has 0 amide bonds. The van der Waals surface area contributed by atoms with Crippen LogP contribution in [0.25, 0.3) is 0 Å². The van der Waals surface area contributed by atoms with Crippen LogP contribution in [0, 0.1) is 0 Å². The van der Waals surface area contributed by atoms with E-state index >= 15 is 0 Å². The molecule has 64 heavy (non-hydrogen) atoms. The SMILES string of the molecule is c1cc2nc(c1)COCc1c3cccc1OCCCCCCCCCCCCCCCCCCOc1cccc(c1OCC2)OCCCCCCCCCCCCCCCCCCO3. The van der Waals surface area contributed by atoms with E-state index in [1.54, 1.807) is 0 Å². The predicted molar refractivity (Wildman–Crippen MR) is 265 cm³/mol. The molecule has 2 aliphatic rings. The molecule has 2 aromatic carbocycles. The molecule has 0 fully saturated rings. The molecular formula is C57H89NO6. The third-order valence-electron chi connectivity index (χ3n) is 13.1. The fourth-order valence-electron chi connectivity index (χ4n) is 9.17. The average molecular weight is 884 g/mol. The van der Waals surface area contributed by atoms with E-state index in [1.165, 1.54) is 180 Å². The van der Waals surface area contributed by atoms with Crippen molar-refractivity contribution in [3.8, 4) is 28.7 Å². The summed E-state index contributed by atoms with van der Waals surface area (Å²) in [5.41, 5.74) is 2.86. The summed E-state index contributed by atoms with van der Waals surface area (Å²) in [5, 5.41) is 0. The first-order chi connectivity index (χ1) is 31.9. The number of rotatable bonds is 0. The van der Waals surface area contributed by atoms with Crippen LogP contribution in [0.3, 0.4) is 0 Å². The summed E-state index contributed by atoms with van der Waals surface area (Å²) >= 11 is 0. The average Bonchev–Trinajstić information content (AvgIpc) is 3.31. The second-order valence-corrected chi connectivity index (χ2v) is 18.7. The molecular weight excluding hydrogens is 795 g/mol. The minimum atomic E-state index is 0.400. The zero-order valence-electron chi connectivity index (χ0n) is 40.4. The summed E-state index contributed by atoms with van der Waals surface area (Å²) in [7, 11) is 0. The second kappa shape index (κ2) is 34.8. The lowest BCUT2D eigenvalue weighted by Gasteiger charge is -2.17. The lowest BCUT2D eigenvalue weighted by molar-refractivity contribution is 0.0992. The summed E-state index contributed by atoms with van der Waals surface area (Å²) in [5.74, 6) is 4.00. The predicted octanol–water partition coefficient (Wildman–Crippen LogP) is 16.4. The highest BCUT2D eigenvalue weighted by molar-refractivity contribution is 5.51. The van der Waals surface area contributed by atoms with E-state index in [9.17, 15) is 0 Å². The van der Waals surface area contributed by atoms with Gasteiger partial charge in [0.25, 0.3) is 0 Å². The first kappa shape index (κ1) is 51.5. The Hall–Kier alpha value is -3.45. The van der Waals surface area contributed by atoms with Gasteiger partial charge >= 0.3 is 0 Å². The van der Waals surface area contributed by atoms with Gasteiger partial charge in [0.1, 0.15) is 11.5 Å². The zero-order chi connectivity index (χ0) is 44.2. The van der Waals surface area contributed by atoms with Crippen molar-refractivity contribution in [2.24, 2.45) is 0 Å². The maximum Gasteiger partial charge on any atom is 0.203 e. The minimum Gasteiger partial charge on any atom is -0.493 e. The molecule has 1 aromatic heterocycles. The second-order valence-electron chi connectivity index (χ2n) is 18.7. The number of hydrogen-bond donors (Lipinski definition) is 0. The Balaban J connectivity index is 1.25. The highest BCUT2D eigenvalue weighted by Gasteiger charge is 2.15. The highest BCUT2D eigenvalue weighted by Crippen LogP contribution is 2.38. The Morgan fingerprint density at radius 2 is 0.594 bits per heavy atom. The summed E-state index contributed by atoms with van der Waals surface area (Å²) in [6.07, 6.45) is 42.2. The molecule has 7 heteroatoms. The molecule has 0 atom stereocenters. The smallest absolute Gasteiger partial charge is 0.203 e. The zero-order valence-corrected chi connectivity index (χ0v) is 40.4. The van der Waals surface area contributed by atoms with E-state index in [2.05, 4.69) is 30.3 Å². The van der Waals surface area contributed by atoms with Crippen LogP contribution in [-0.4, -0.2) is 38.0 Å². The summed E-state index contributed by atoms with van der Waals surface area (Å²) < 4.78 is 38.7. The molecule has 4 bridgehead atoms. The number of benzene rings is 2. The van der Waals surface area contributed by atoms with Crippen LogP contribution in [0.4, 0.5) is 0 Å². The molecule has 0 saturated carbocycles. The monoisotopic (exact) mass is 884 g/mol. The Morgan fingerprint density at radius 1 is 0.281 bits per heavy atom. The molecule has 2 aliphatic heterocycles. The van der Waals surface area contributed by atoms with Gasteiger partial charge in [-0.15, -0.1) is 0 Å². The van der Waals surface area contributed by atoms with Crippen LogP contribution < -0.4 is 23.7 Å². The molecule has 0 saturated heterocycles. The Morgan fingerprint density at radius 3 is 0.984 bits per heavy atom. The maximum atomic E-state index is 6.55. The quantitative estimate of drug-likeness (QED) is 0.223. The van der Waals surface area contributed by atoms with Crippen molar-refractivity contribution in [3.63, 3.8) is 0 Å². The molecule has 7 nitrogen and oxygen atoms in total. The Bertz CT molecular complexity index is 1400. The van der Waals surface area contributed by atoms with Crippen LogP contribution in [0.2, 0.25) is 0 Å². The van der Waals surface area contributed by atoms with Gasteiger partial charge in [-0.2, -0.15) is 0 Å². The molecule has 0 aliphatic carbocycles. The van der Waals surface area contributed by atoms with Gasteiger partial charge in [-0.25, -0.2) is 0 Å². The molecule has 0 N–H and O–H groups in total. The molecule has 0 radical (unpaired) electrons.